The van der Waals surface area contributed by atoms with Gasteiger partial charge in [0.25, 0.3) is 0 Å². The Morgan fingerprint density at radius 1 is 1.07 bits per heavy atom. The summed E-state index contributed by atoms with van der Waals surface area (Å²) in [5.41, 5.74) is 3.65. The number of halogens is 1. The Balaban J connectivity index is 1.71. The van der Waals surface area contributed by atoms with Crippen molar-refractivity contribution in [2.45, 2.75) is 38.5 Å². The van der Waals surface area contributed by atoms with Gasteiger partial charge in [-0.3, -0.25) is 0 Å². The van der Waals surface area contributed by atoms with Gasteiger partial charge in [-0.25, -0.2) is 4.39 Å². The van der Waals surface area contributed by atoms with Gasteiger partial charge in [-0.05, 0) is 96.0 Å². The Bertz CT molecular complexity index is 897. The van der Waals surface area contributed by atoms with E-state index >= 15 is 0 Å². The lowest BCUT2D eigenvalue weighted by Crippen LogP contribution is -2.35. The predicted octanol–water partition coefficient (Wildman–Crippen LogP) is 6.07. The molecule has 2 aromatic carbocycles. The lowest BCUT2D eigenvalue weighted by molar-refractivity contribution is 0.194. The average molecular weight is 378 g/mol. The molecule has 146 valence electrons. The first kappa shape index (κ1) is 18.8. The summed E-state index contributed by atoms with van der Waals surface area (Å²) in [6, 6.07) is 12.5. The molecule has 2 aliphatic carbocycles. The molecule has 2 nitrogen and oxygen atoms in total. The summed E-state index contributed by atoms with van der Waals surface area (Å²) in [5, 5.41) is 19.8. The summed E-state index contributed by atoms with van der Waals surface area (Å²) in [6.07, 6.45) is 9.62. The first-order valence-corrected chi connectivity index (χ1v) is 10.2. The van der Waals surface area contributed by atoms with Crippen LogP contribution in [-0.2, 0) is 12.8 Å². The molecule has 1 unspecified atom stereocenters. The fraction of sp³-hybridized carbons (Fsp3) is 0.360. The zero-order chi connectivity index (χ0) is 19.7. The largest absolute Gasteiger partial charge is 0.508 e. The number of hydrogen-bond donors (Lipinski definition) is 2. The number of phenolic OH excluding ortho intramolecular Hbond substituents is 1. The molecule has 0 radical (unpaired) electrons. The lowest BCUT2D eigenvalue weighted by atomic mass is 9.61. The second kappa shape index (κ2) is 7.83. The number of aliphatic hydroxyl groups excluding tert-OH is 1. The number of allylic oxidation sites excluding steroid dienone is 3. The molecule has 0 amide bonds. The molecule has 2 aromatic rings. The van der Waals surface area contributed by atoms with Crippen molar-refractivity contribution < 1.29 is 14.6 Å². The van der Waals surface area contributed by atoms with Crippen LogP contribution in [0.5, 0.6) is 5.75 Å². The van der Waals surface area contributed by atoms with Gasteiger partial charge < -0.3 is 10.2 Å². The minimum atomic E-state index is -0.214. The number of fused-ring (bicyclic) bond motifs is 1. The lowest BCUT2D eigenvalue weighted by Gasteiger charge is -2.43. The van der Waals surface area contributed by atoms with E-state index in [4.69, 9.17) is 0 Å². The molecule has 2 aliphatic rings. The number of hydrogen-bond acceptors (Lipinski definition) is 2. The van der Waals surface area contributed by atoms with Crippen molar-refractivity contribution in [3.05, 3.63) is 89.0 Å². The van der Waals surface area contributed by atoms with Crippen LogP contribution in [0.3, 0.4) is 0 Å². The highest BCUT2D eigenvalue weighted by Crippen LogP contribution is 2.48. The fourth-order valence-electron chi connectivity index (χ4n) is 5.18. The van der Waals surface area contributed by atoms with Gasteiger partial charge in [0, 0.05) is 0 Å². The van der Waals surface area contributed by atoms with Gasteiger partial charge in [0.15, 0.2) is 0 Å². The summed E-state index contributed by atoms with van der Waals surface area (Å²) in [4.78, 5) is 0. The molecule has 0 aliphatic heterocycles. The summed E-state index contributed by atoms with van der Waals surface area (Å²) in [5.74, 6) is 2.07. The first-order valence-electron chi connectivity index (χ1n) is 10.2. The minimum absolute atomic E-state index is 0.214. The van der Waals surface area contributed by atoms with Crippen LogP contribution < -0.4 is 0 Å². The molecule has 4 rings (SSSR count). The van der Waals surface area contributed by atoms with Gasteiger partial charge in [0.2, 0.25) is 0 Å². The van der Waals surface area contributed by atoms with Gasteiger partial charge in [-0.15, -0.1) is 0 Å². The third kappa shape index (κ3) is 3.71. The zero-order valence-corrected chi connectivity index (χ0v) is 16.2. The predicted molar refractivity (Wildman–Crippen MR) is 110 cm³/mol. The van der Waals surface area contributed by atoms with E-state index in [2.05, 4.69) is 19.1 Å². The van der Waals surface area contributed by atoms with Crippen LogP contribution in [0, 0.1) is 23.6 Å². The maximum Gasteiger partial charge on any atom is 0.123 e. The van der Waals surface area contributed by atoms with E-state index in [0.29, 0.717) is 29.3 Å². The fourth-order valence-corrected chi connectivity index (χ4v) is 5.18. The maximum absolute atomic E-state index is 13.4. The Hall–Kier alpha value is -2.55. The number of phenols is 1. The molecule has 2 N–H and O–H groups in total. The molecule has 3 heteroatoms. The summed E-state index contributed by atoms with van der Waals surface area (Å²) < 4.78 is 13.4. The quantitative estimate of drug-likeness (QED) is 0.677. The van der Waals surface area contributed by atoms with Crippen LogP contribution in [-0.4, -0.2) is 10.2 Å². The molecular weight excluding hydrogens is 351 g/mol. The van der Waals surface area contributed by atoms with E-state index < -0.39 is 0 Å². The van der Waals surface area contributed by atoms with Crippen LogP contribution in [0.25, 0.3) is 0 Å². The van der Waals surface area contributed by atoms with Crippen molar-refractivity contribution in [2.24, 2.45) is 17.8 Å². The van der Waals surface area contributed by atoms with Gasteiger partial charge in [0.05, 0.1) is 0 Å². The van der Waals surface area contributed by atoms with Gasteiger partial charge in [-0.2, -0.15) is 0 Å². The van der Waals surface area contributed by atoms with Crippen LogP contribution in [0.4, 0.5) is 4.39 Å². The second-order valence-corrected chi connectivity index (χ2v) is 8.15. The Morgan fingerprint density at radius 3 is 2.54 bits per heavy atom. The van der Waals surface area contributed by atoms with Crippen molar-refractivity contribution in [3.8, 4) is 5.75 Å². The zero-order valence-electron chi connectivity index (χ0n) is 16.2. The van der Waals surface area contributed by atoms with E-state index in [9.17, 15) is 14.6 Å². The third-order valence-corrected chi connectivity index (χ3v) is 6.55. The molecule has 0 fully saturated rings. The minimum Gasteiger partial charge on any atom is -0.508 e. The van der Waals surface area contributed by atoms with Crippen molar-refractivity contribution in [1.82, 2.24) is 0 Å². The molecule has 4 atom stereocenters. The highest BCUT2D eigenvalue weighted by atomic mass is 19.1. The van der Waals surface area contributed by atoms with Crippen molar-refractivity contribution >= 4 is 0 Å². The molecule has 0 bridgehead atoms. The third-order valence-electron chi connectivity index (χ3n) is 6.55. The van der Waals surface area contributed by atoms with Crippen molar-refractivity contribution in [3.63, 3.8) is 0 Å². The van der Waals surface area contributed by atoms with Gasteiger partial charge in [-0.1, -0.05) is 37.6 Å². The van der Waals surface area contributed by atoms with Gasteiger partial charge >= 0.3 is 0 Å². The standard InChI is InChI=1S/C25H27FO2/c1-2-22-23(17-5-10-20(27)11-6-17)14-18-7-12-21(28)15-24(18)25(22)13-16-3-8-19(26)9-4-16/h3-5,7-12,15,17,22-23,25,27-28H,2,6,13-14H2,1H3/t17?,22-,23+,25-/m1/s1. The smallest absolute Gasteiger partial charge is 0.123 e. The van der Waals surface area contributed by atoms with E-state index in [-0.39, 0.29) is 11.7 Å². The van der Waals surface area contributed by atoms with Crippen molar-refractivity contribution in [2.75, 3.05) is 0 Å². The topological polar surface area (TPSA) is 40.5 Å². The molecule has 0 spiro atoms. The first-order chi connectivity index (χ1) is 13.5. The average Bonchev–Trinajstić information content (AvgIpc) is 2.70. The molecular formula is C25H27FO2. The molecule has 0 aromatic heterocycles. The number of rotatable bonds is 4. The van der Waals surface area contributed by atoms with Crippen molar-refractivity contribution in [1.29, 1.82) is 0 Å². The Labute approximate surface area is 166 Å². The number of aliphatic hydroxyl groups is 1. The number of aromatic hydroxyl groups is 1. The maximum atomic E-state index is 13.4. The monoisotopic (exact) mass is 378 g/mol. The molecule has 0 saturated carbocycles. The SMILES string of the molecule is CC[C@H]1[C@@H](Cc2ccc(F)cc2)c2cc(O)ccc2C[C@H]1C1C=CC(O)=CC1. The summed E-state index contributed by atoms with van der Waals surface area (Å²) >= 11 is 0. The Morgan fingerprint density at radius 2 is 1.86 bits per heavy atom. The molecule has 0 heterocycles. The highest BCUT2D eigenvalue weighted by molar-refractivity contribution is 5.41. The van der Waals surface area contributed by atoms with E-state index in [1.807, 2.05) is 30.4 Å². The van der Waals surface area contributed by atoms with Crippen LogP contribution in [0.15, 0.2) is 66.5 Å². The van der Waals surface area contributed by atoms with E-state index in [1.54, 1.807) is 6.07 Å². The van der Waals surface area contributed by atoms with Crippen LogP contribution >= 0.6 is 0 Å². The molecule has 0 saturated heterocycles. The summed E-state index contributed by atoms with van der Waals surface area (Å²) in [6.45, 7) is 2.24. The van der Waals surface area contributed by atoms with Gasteiger partial charge in [0.1, 0.15) is 17.3 Å². The van der Waals surface area contributed by atoms with E-state index in [1.165, 1.54) is 23.3 Å². The Kier molecular flexibility index (Phi) is 5.25. The highest BCUT2D eigenvalue weighted by Gasteiger charge is 2.39. The summed E-state index contributed by atoms with van der Waals surface area (Å²) in [7, 11) is 0. The second-order valence-electron chi connectivity index (χ2n) is 8.15. The van der Waals surface area contributed by atoms with E-state index in [0.717, 1.165) is 31.2 Å². The van der Waals surface area contributed by atoms with Crippen LogP contribution in [0.2, 0.25) is 0 Å². The normalized spacial score (nSPS) is 26.6. The van der Waals surface area contributed by atoms with Crippen LogP contribution in [0.1, 0.15) is 42.4 Å². The molecule has 28 heavy (non-hydrogen) atoms. The number of benzene rings is 2.